The van der Waals surface area contributed by atoms with Crippen LogP contribution in [0.2, 0.25) is 0 Å². The summed E-state index contributed by atoms with van der Waals surface area (Å²) in [6.45, 7) is 2.16. The predicted molar refractivity (Wildman–Crippen MR) is 74.4 cm³/mol. The van der Waals surface area contributed by atoms with Crippen molar-refractivity contribution in [3.63, 3.8) is 0 Å². The van der Waals surface area contributed by atoms with Gasteiger partial charge in [-0.15, -0.1) is 11.3 Å². The Kier molecular flexibility index (Phi) is 2.65. The zero-order valence-corrected chi connectivity index (χ0v) is 10.5. The van der Waals surface area contributed by atoms with Gasteiger partial charge in [-0.05, 0) is 29.5 Å². The van der Waals surface area contributed by atoms with Gasteiger partial charge in [-0.3, -0.25) is 0 Å². The van der Waals surface area contributed by atoms with Crippen molar-refractivity contribution in [3.05, 3.63) is 53.5 Å². The maximum absolute atomic E-state index is 4.75. The molecule has 0 aliphatic heterocycles. The van der Waals surface area contributed by atoms with Crippen molar-refractivity contribution in [1.82, 2.24) is 4.98 Å². The topological polar surface area (TPSA) is 12.9 Å². The molecule has 2 heterocycles. The molecule has 0 N–H and O–H groups in total. The van der Waals surface area contributed by atoms with E-state index < -0.39 is 0 Å². The van der Waals surface area contributed by atoms with Crippen LogP contribution in [0.15, 0.2) is 47.8 Å². The quantitative estimate of drug-likeness (QED) is 0.640. The lowest BCUT2D eigenvalue weighted by atomic mass is 10.0. The first kappa shape index (κ1) is 10.5. The third kappa shape index (κ3) is 1.85. The van der Waals surface area contributed by atoms with Gasteiger partial charge in [0.05, 0.1) is 0 Å². The Morgan fingerprint density at radius 3 is 2.71 bits per heavy atom. The standard InChI is InChI=1S/C15H13NS/c1-2-14-13(11-6-4-3-5-7-11)10-12-8-9-17-15(12)16-14/h3-10H,2H2,1H3. The number of rotatable bonds is 2. The number of thiophene rings is 1. The summed E-state index contributed by atoms with van der Waals surface area (Å²) in [6.07, 6.45) is 0.970. The molecule has 0 atom stereocenters. The van der Waals surface area contributed by atoms with E-state index in [2.05, 4.69) is 48.7 Å². The van der Waals surface area contributed by atoms with Crippen molar-refractivity contribution in [2.24, 2.45) is 0 Å². The Hall–Kier alpha value is -1.67. The highest BCUT2D eigenvalue weighted by Gasteiger charge is 2.07. The van der Waals surface area contributed by atoms with Gasteiger partial charge in [0.2, 0.25) is 0 Å². The second-order valence-corrected chi connectivity index (χ2v) is 4.91. The number of pyridine rings is 1. The normalized spacial score (nSPS) is 10.9. The number of hydrogen-bond acceptors (Lipinski definition) is 2. The van der Waals surface area contributed by atoms with E-state index in [1.807, 2.05) is 6.07 Å². The highest BCUT2D eigenvalue weighted by Crippen LogP contribution is 2.28. The minimum Gasteiger partial charge on any atom is -0.241 e. The molecule has 3 rings (SSSR count). The summed E-state index contributed by atoms with van der Waals surface area (Å²) < 4.78 is 0. The van der Waals surface area contributed by atoms with Crippen LogP contribution in [0.3, 0.4) is 0 Å². The molecule has 0 saturated carbocycles. The van der Waals surface area contributed by atoms with Crippen LogP contribution in [0.5, 0.6) is 0 Å². The average molecular weight is 239 g/mol. The first-order chi connectivity index (χ1) is 8.38. The first-order valence-corrected chi connectivity index (χ1v) is 6.69. The summed E-state index contributed by atoms with van der Waals surface area (Å²) >= 11 is 1.71. The molecule has 84 valence electrons. The van der Waals surface area contributed by atoms with Gasteiger partial charge in [-0.25, -0.2) is 4.98 Å². The van der Waals surface area contributed by atoms with Crippen LogP contribution < -0.4 is 0 Å². The molecule has 0 amide bonds. The van der Waals surface area contributed by atoms with Crippen LogP contribution in [-0.2, 0) is 6.42 Å². The highest BCUT2D eigenvalue weighted by molar-refractivity contribution is 7.16. The number of fused-ring (bicyclic) bond motifs is 1. The fraction of sp³-hybridized carbons (Fsp3) is 0.133. The number of hydrogen-bond donors (Lipinski definition) is 0. The minimum absolute atomic E-state index is 0.970. The largest absolute Gasteiger partial charge is 0.241 e. The molecule has 0 fully saturated rings. The van der Waals surface area contributed by atoms with Gasteiger partial charge in [0.15, 0.2) is 0 Å². The summed E-state index contributed by atoms with van der Waals surface area (Å²) in [5, 5.41) is 3.34. The van der Waals surface area contributed by atoms with Gasteiger partial charge < -0.3 is 0 Å². The maximum atomic E-state index is 4.75. The minimum atomic E-state index is 0.970. The Labute approximate surface area is 105 Å². The van der Waals surface area contributed by atoms with E-state index in [9.17, 15) is 0 Å². The zero-order chi connectivity index (χ0) is 11.7. The van der Waals surface area contributed by atoms with Gasteiger partial charge in [-0.2, -0.15) is 0 Å². The van der Waals surface area contributed by atoms with Gasteiger partial charge >= 0.3 is 0 Å². The Balaban J connectivity index is 2.26. The number of benzene rings is 1. The van der Waals surface area contributed by atoms with Gasteiger partial charge in [-0.1, -0.05) is 37.3 Å². The van der Waals surface area contributed by atoms with Crippen LogP contribution in [0, 0.1) is 0 Å². The van der Waals surface area contributed by atoms with Crippen LogP contribution in [-0.4, -0.2) is 4.98 Å². The SMILES string of the molecule is CCc1nc2sccc2cc1-c1ccccc1. The van der Waals surface area contributed by atoms with Crippen molar-refractivity contribution >= 4 is 21.6 Å². The van der Waals surface area contributed by atoms with Crippen molar-refractivity contribution in [3.8, 4) is 11.1 Å². The molecule has 1 nitrogen and oxygen atoms in total. The van der Waals surface area contributed by atoms with E-state index in [0.29, 0.717) is 0 Å². The predicted octanol–water partition coefficient (Wildman–Crippen LogP) is 4.53. The van der Waals surface area contributed by atoms with Crippen LogP contribution in [0.4, 0.5) is 0 Å². The van der Waals surface area contributed by atoms with Crippen molar-refractivity contribution in [2.75, 3.05) is 0 Å². The molecule has 0 unspecified atom stereocenters. The van der Waals surface area contributed by atoms with Crippen LogP contribution in [0.25, 0.3) is 21.3 Å². The summed E-state index contributed by atoms with van der Waals surface area (Å²) in [5.41, 5.74) is 3.70. The Morgan fingerprint density at radius 1 is 1.12 bits per heavy atom. The van der Waals surface area contributed by atoms with E-state index in [0.717, 1.165) is 11.3 Å². The van der Waals surface area contributed by atoms with Gasteiger partial charge in [0, 0.05) is 16.6 Å². The summed E-state index contributed by atoms with van der Waals surface area (Å²) in [6, 6.07) is 14.9. The summed E-state index contributed by atoms with van der Waals surface area (Å²) in [7, 11) is 0. The first-order valence-electron chi connectivity index (χ1n) is 5.81. The monoisotopic (exact) mass is 239 g/mol. The molecule has 0 aliphatic rings. The summed E-state index contributed by atoms with van der Waals surface area (Å²) in [5.74, 6) is 0. The number of nitrogens with zero attached hydrogens (tertiary/aromatic N) is 1. The molecule has 0 radical (unpaired) electrons. The average Bonchev–Trinajstić information content (AvgIpc) is 2.85. The Bertz CT molecular complexity index is 640. The lowest BCUT2D eigenvalue weighted by Gasteiger charge is -2.07. The second kappa shape index (κ2) is 4.30. The van der Waals surface area contributed by atoms with E-state index >= 15 is 0 Å². The molecular formula is C15H13NS. The number of aromatic nitrogens is 1. The molecule has 2 aromatic heterocycles. The van der Waals surface area contributed by atoms with Crippen molar-refractivity contribution in [2.45, 2.75) is 13.3 Å². The molecule has 17 heavy (non-hydrogen) atoms. The molecule has 0 spiro atoms. The zero-order valence-electron chi connectivity index (χ0n) is 9.68. The van der Waals surface area contributed by atoms with E-state index in [1.54, 1.807) is 11.3 Å². The smallest absolute Gasteiger partial charge is 0.123 e. The highest BCUT2D eigenvalue weighted by atomic mass is 32.1. The van der Waals surface area contributed by atoms with Crippen LogP contribution >= 0.6 is 11.3 Å². The third-order valence-corrected chi connectivity index (χ3v) is 3.76. The van der Waals surface area contributed by atoms with Gasteiger partial charge in [0.1, 0.15) is 4.83 Å². The fourth-order valence-electron chi connectivity index (χ4n) is 2.07. The third-order valence-electron chi connectivity index (χ3n) is 2.94. The second-order valence-electron chi connectivity index (χ2n) is 4.02. The molecule has 0 bridgehead atoms. The lowest BCUT2D eigenvalue weighted by Crippen LogP contribution is -1.91. The van der Waals surface area contributed by atoms with E-state index in [4.69, 9.17) is 4.98 Å². The lowest BCUT2D eigenvalue weighted by molar-refractivity contribution is 1.06. The molecule has 0 aliphatic carbocycles. The fourth-order valence-corrected chi connectivity index (χ4v) is 2.84. The van der Waals surface area contributed by atoms with E-state index in [-0.39, 0.29) is 0 Å². The van der Waals surface area contributed by atoms with Crippen molar-refractivity contribution < 1.29 is 0 Å². The molecule has 3 aromatic rings. The summed E-state index contributed by atoms with van der Waals surface area (Å²) in [4.78, 5) is 5.89. The van der Waals surface area contributed by atoms with E-state index in [1.165, 1.54) is 22.2 Å². The maximum Gasteiger partial charge on any atom is 0.123 e. The Morgan fingerprint density at radius 2 is 1.94 bits per heavy atom. The molecule has 0 saturated heterocycles. The van der Waals surface area contributed by atoms with Crippen LogP contribution in [0.1, 0.15) is 12.6 Å². The molecule has 1 aromatic carbocycles. The van der Waals surface area contributed by atoms with Crippen molar-refractivity contribution in [1.29, 1.82) is 0 Å². The molecular weight excluding hydrogens is 226 g/mol. The number of aryl methyl sites for hydroxylation is 1. The molecule has 2 heteroatoms. The van der Waals surface area contributed by atoms with Gasteiger partial charge in [0.25, 0.3) is 0 Å².